The molecule has 5 heteroatoms. The summed E-state index contributed by atoms with van der Waals surface area (Å²) in [5.74, 6) is 0.853. The number of carbonyl (C=O) groups excluding carboxylic acids is 1. The first-order valence-electron chi connectivity index (χ1n) is 9.05. The fraction of sp³-hybridized carbons (Fsp3) is 0.684. The molecular weight excluding hydrogens is 302 g/mol. The Morgan fingerprint density at radius 3 is 2.50 bits per heavy atom. The molecule has 0 aliphatic carbocycles. The number of hydrogen-bond donors (Lipinski definition) is 2. The van der Waals surface area contributed by atoms with Gasteiger partial charge in [0.2, 0.25) is 0 Å². The van der Waals surface area contributed by atoms with Crippen LogP contribution in [0, 0.1) is 5.41 Å². The van der Waals surface area contributed by atoms with Crippen LogP contribution in [0.3, 0.4) is 0 Å². The van der Waals surface area contributed by atoms with E-state index in [4.69, 9.17) is 0 Å². The number of aliphatic hydroxyl groups is 1. The zero-order valence-electron chi connectivity index (χ0n) is 15.2. The second-order valence-electron chi connectivity index (χ2n) is 7.71. The van der Waals surface area contributed by atoms with Crippen molar-refractivity contribution in [2.24, 2.45) is 5.41 Å². The number of nitrogens with zero attached hydrogens (tertiary/aromatic N) is 2. The normalized spacial score (nSPS) is 17.2. The molecule has 1 fully saturated rings. The molecule has 0 spiro atoms. The van der Waals surface area contributed by atoms with Gasteiger partial charge in [0.1, 0.15) is 5.82 Å². The van der Waals surface area contributed by atoms with Crippen LogP contribution in [0.25, 0.3) is 0 Å². The van der Waals surface area contributed by atoms with Crippen molar-refractivity contribution in [1.82, 2.24) is 10.3 Å². The zero-order chi connectivity index (χ0) is 17.6. The lowest BCUT2D eigenvalue weighted by atomic mass is 9.87. The highest BCUT2D eigenvalue weighted by molar-refractivity contribution is 5.94. The van der Waals surface area contributed by atoms with Crippen molar-refractivity contribution in [3.8, 4) is 0 Å². The predicted molar refractivity (Wildman–Crippen MR) is 97.3 cm³/mol. The van der Waals surface area contributed by atoms with Crippen LogP contribution in [0.1, 0.15) is 63.2 Å². The summed E-state index contributed by atoms with van der Waals surface area (Å²) < 4.78 is 0. The van der Waals surface area contributed by atoms with Gasteiger partial charge in [-0.15, -0.1) is 0 Å². The smallest absolute Gasteiger partial charge is 0.252 e. The van der Waals surface area contributed by atoms with Gasteiger partial charge in [-0.25, -0.2) is 4.98 Å². The molecular formula is C19H31N3O2. The number of anilines is 1. The number of nitrogens with one attached hydrogen (secondary N) is 1. The molecule has 0 radical (unpaired) electrons. The molecule has 1 aliphatic heterocycles. The van der Waals surface area contributed by atoms with E-state index in [-0.39, 0.29) is 17.4 Å². The third-order valence-electron chi connectivity index (χ3n) is 4.52. The highest BCUT2D eigenvalue weighted by Gasteiger charge is 2.21. The summed E-state index contributed by atoms with van der Waals surface area (Å²) in [5.41, 5.74) is 0.449. The van der Waals surface area contributed by atoms with E-state index in [0.29, 0.717) is 18.5 Å². The van der Waals surface area contributed by atoms with Crippen molar-refractivity contribution in [3.05, 3.63) is 23.9 Å². The van der Waals surface area contributed by atoms with E-state index in [1.807, 2.05) is 26.0 Å². The van der Waals surface area contributed by atoms with Gasteiger partial charge < -0.3 is 15.3 Å². The lowest BCUT2D eigenvalue weighted by Gasteiger charge is -2.26. The molecule has 1 unspecified atom stereocenters. The van der Waals surface area contributed by atoms with Gasteiger partial charge in [0.05, 0.1) is 11.7 Å². The van der Waals surface area contributed by atoms with Gasteiger partial charge in [0.15, 0.2) is 0 Å². The fourth-order valence-electron chi connectivity index (χ4n) is 3.30. The number of hydrogen-bond acceptors (Lipinski definition) is 4. The van der Waals surface area contributed by atoms with Crippen molar-refractivity contribution in [1.29, 1.82) is 0 Å². The lowest BCUT2D eigenvalue weighted by molar-refractivity contribution is 0.0901. The first-order valence-corrected chi connectivity index (χ1v) is 9.05. The Balaban J connectivity index is 1.91. The number of pyridine rings is 1. The van der Waals surface area contributed by atoms with Gasteiger partial charge >= 0.3 is 0 Å². The predicted octanol–water partition coefficient (Wildman–Crippen LogP) is 2.99. The van der Waals surface area contributed by atoms with E-state index in [2.05, 4.69) is 15.2 Å². The quantitative estimate of drug-likeness (QED) is 0.840. The minimum absolute atomic E-state index is 0.108. The first kappa shape index (κ1) is 18.7. The molecule has 1 aromatic rings. The minimum Gasteiger partial charge on any atom is -0.393 e. The van der Waals surface area contributed by atoms with E-state index in [1.54, 1.807) is 13.1 Å². The third-order valence-corrected chi connectivity index (χ3v) is 4.52. The summed E-state index contributed by atoms with van der Waals surface area (Å²) in [6.07, 6.45) is 6.95. The monoisotopic (exact) mass is 333 g/mol. The molecule has 1 amide bonds. The molecule has 0 bridgehead atoms. The number of carbonyl (C=O) groups is 1. The molecule has 134 valence electrons. The summed E-state index contributed by atoms with van der Waals surface area (Å²) in [5, 5.41) is 12.5. The fourth-order valence-corrected chi connectivity index (χ4v) is 3.30. The van der Waals surface area contributed by atoms with Crippen LogP contribution in [-0.2, 0) is 0 Å². The van der Waals surface area contributed by atoms with E-state index < -0.39 is 0 Å². The molecule has 1 aromatic heterocycles. The average Bonchev–Trinajstić information content (AvgIpc) is 2.81. The summed E-state index contributed by atoms with van der Waals surface area (Å²) in [7, 11) is 0. The number of amides is 1. The van der Waals surface area contributed by atoms with E-state index >= 15 is 0 Å². The molecule has 2 heterocycles. The lowest BCUT2D eigenvalue weighted by Crippen LogP contribution is -2.35. The van der Waals surface area contributed by atoms with Gasteiger partial charge in [0, 0.05) is 25.8 Å². The molecule has 0 saturated carbocycles. The largest absolute Gasteiger partial charge is 0.393 e. The van der Waals surface area contributed by atoms with Gasteiger partial charge in [-0.2, -0.15) is 0 Å². The second-order valence-corrected chi connectivity index (χ2v) is 7.71. The standard InChI is InChI=1S/C19H31N3O2/c1-15(23)12-19(2,3)14-21-18(24)16-8-9-17(20-13-16)22-10-6-4-5-7-11-22/h8-9,13,15,23H,4-7,10-12,14H2,1-3H3,(H,21,24). The molecule has 1 aliphatic rings. The molecule has 24 heavy (non-hydrogen) atoms. The van der Waals surface area contributed by atoms with Crippen LogP contribution in [0.5, 0.6) is 0 Å². The van der Waals surface area contributed by atoms with E-state index in [1.165, 1.54) is 25.7 Å². The van der Waals surface area contributed by atoms with Crippen LogP contribution in [-0.4, -0.2) is 41.7 Å². The van der Waals surface area contributed by atoms with Crippen molar-refractivity contribution in [2.75, 3.05) is 24.5 Å². The van der Waals surface area contributed by atoms with Crippen LogP contribution in [0.2, 0.25) is 0 Å². The molecule has 5 nitrogen and oxygen atoms in total. The number of rotatable bonds is 6. The van der Waals surface area contributed by atoms with Crippen molar-refractivity contribution in [3.63, 3.8) is 0 Å². The SMILES string of the molecule is CC(O)CC(C)(C)CNC(=O)c1ccc(N2CCCCCC2)nc1. The third kappa shape index (κ3) is 5.78. The van der Waals surface area contributed by atoms with Gasteiger partial charge in [-0.3, -0.25) is 4.79 Å². The number of aromatic nitrogens is 1. The van der Waals surface area contributed by atoms with Crippen LogP contribution in [0.15, 0.2) is 18.3 Å². The van der Waals surface area contributed by atoms with Crippen LogP contribution < -0.4 is 10.2 Å². The molecule has 2 N–H and O–H groups in total. The van der Waals surface area contributed by atoms with Gasteiger partial charge in [-0.05, 0) is 43.7 Å². The maximum atomic E-state index is 12.3. The minimum atomic E-state index is -0.369. The maximum absolute atomic E-state index is 12.3. The van der Waals surface area contributed by atoms with Crippen molar-refractivity contribution < 1.29 is 9.90 Å². The Hall–Kier alpha value is -1.62. The van der Waals surface area contributed by atoms with E-state index in [0.717, 1.165) is 18.9 Å². The zero-order valence-corrected chi connectivity index (χ0v) is 15.2. The highest BCUT2D eigenvalue weighted by atomic mass is 16.3. The maximum Gasteiger partial charge on any atom is 0.252 e. The van der Waals surface area contributed by atoms with Gasteiger partial charge in [-0.1, -0.05) is 26.7 Å². The molecule has 2 rings (SSSR count). The van der Waals surface area contributed by atoms with Gasteiger partial charge in [0.25, 0.3) is 5.91 Å². The first-order chi connectivity index (χ1) is 11.4. The molecule has 0 aromatic carbocycles. The van der Waals surface area contributed by atoms with Crippen molar-refractivity contribution in [2.45, 2.75) is 59.0 Å². The summed E-state index contributed by atoms with van der Waals surface area (Å²) in [4.78, 5) is 19.1. The second kappa shape index (κ2) is 8.47. The number of aliphatic hydroxyl groups excluding tert-OH is 1. The Morgan fingerprint density at radius 1 is 1.29 bits per heavy atom. The van der Waals surface area contributed by atoms with Crippen LogP contribution in [0.4, 0.5) is 5.82 Å². The molecule has 1 atom stereocenters. The topological polar surface area (TPSA) is 65.5 Å². The highest BCUT2D eigenvalue weighted by Crippen LogP contribution is 2.21. The Morgan fingerprint density at radius 2 is 1.96 bits per heavy atom. The summed E-state index contributed by atoms with van der Waals surface area (Å²) in [6.45, 7) is 8.49. The summed E-state index contributed by atoms with van der Waals surface area (Å²) >= 11 is 0. The average molecular weight is 333 g/mol. The molecule has 1 saturated heterocycles. The Bertz CT molecular complexity index is 518. The van der Waals surface area contributed by atoms with Crippen molar-refractivity contribution >= 4 is 11.7 Å². The summed E-state index contributed by atoms with van der Waals surface area (Å²) in [6, 6.07) is 3.80. The Kier molecular flexibility index (Phi) is 6.60. The Labute approximate surface area is 145 Å². The van der Waals surface area contributed by atoms with E-state index in [9.17, 15) is 9.90 Å². The van der Waals surface area contributed by atoms with Crippen LogP contribution >= 0.6 is 0 Å².